The van der Waals surface area contributed by atoms with Gasteiger partial charge in [0.05, 0.1) is 17.1 Å². The number of nitrogens with two attached hydrogens (primary N) is 1. The first kappa shape index (κ1) is 8.87. The SMILES string of the molecule is CC(C)n1oc2c(N)cccc2c1=O. The van der Waals surface area contributed by atoms with Crippen LogP contribution in [-0.2, 0) is 0 Å². The number of anilines is 1. The van der Waals surface area contributed by atoms with E-state index in [1.54, 1.807) is 18.2 Å². The first-order valence-corrected chi connectivity index (χ1v) is 4.51. The highest BCUT2D eigenvalue weighted by Crippen LogP contribution is 2.19. The first-order chi connectivity index (χ1) is 6.61. The van der Waals surface area contributed by atoms with Crippen molar-refractivity contribution in [2.45, 2.75) is 19.9 Å². The van der Waals surface area contributed by atoms with E-state index in [-0.39, 0.29) is 11.6 Å². The van der Waals surface area contributed by atoms with E-state index in [4.69, 9.17) is 10.3 Å². The maximum atomic E-state index is 11.7. The molecule has 0 aliphatic rings. The van der Waals surface area contributed by atoms with Gasteiger partial charge in [0.25, 0.3) is 5.56 Å². The number of rotatable bonds is 1. The Bertz CT molecular complexity index is 522. The van der Waals surface area contributed by atoms with Crippen molar-refractivity contribution < 1.29 is 4.52 Å². The second-order valence-electron chi connectivity index (χ2n) is 3.54. The molecule has 0 saturated carbocycles. The molecule has 1 heterocycles. The van der Waals surface area contributed by atoms with Gasteiger partial charge in [0, 0.05) is 0 Å². The molecule has 74 valence electrons. The zero-order valence-electron chi connectivity index (χ0n) is 8.15. The molecule has 2 aromatic rings. The monoisotopic (exact) mass is 192 g/mol. The standard InChI is InChI=1S/C10H12N2O2/c1-6(2)12-10(13)7-4-3-5-8(11)9(7)14-12/h3-6H,11H2,1-2H3. The van der Waals surface area contributed by atoms with Crippen molar-refractivity contribution in [3.63, 3.8) is 0 Å². The lowest BCUT2D eigenvalue weighted by Gasteiger charge is -2.00. The zero-order chi connectivity index (χ0) is 10.3. The van der Waals surface area contributed by atoms with Crippen LogP contribution in [0.2, 0.25) is 0 Å². The van der Waals surface area contributed by atoms with Crippen LogP contribution in [0.1, 0.15) is 19.9 Å². The van der Waals surface area contributed by atoms with Crippen LogP contribution in [0.5, 0.6) is 0 Å². The Labute approximate surface area is 80.9 Å². The molecule has 1 aromatic heterocycles. The smallest absolute Gasteiger partial charge is 0.290 e. The van der Waals surface area contributed by atoms with E-state index in [2.05, 4.69) is 0 Å². The minimum atomic E-state index is -0.123. The molecule has 2 N–H and O–H groups in total. The molecule has 14 heavy (non-hydrogen) atoms. The Morgan fingerprint density at radius 1 is 1.43 bits per heavy atom. The number of nitrogens with zero attached hydrogens (tertiary/aromatic N) is 1. The van der Waals surface area contributed by atoms with E-state index >= 15 is 0 Å². The minimum Gasteiger partial charge on any atom is -0.396 e. The van der Waals surface area contributed by atoms with Crippen molar-refractivity contribution >= 4 is 16.7 Å². The number of hydrogen-bond acceptors (Lipinski definition) is 3. The topological polar surface area (TPSA) is 61.2 Å². The molecular formula is C10H12N2O2. The third kappa shape index (κ3) is 1.11. The summed E-state index contributed by atoms with van der Waals surface area (Å²) in [5, 5.41) is 0.540. The van der Waals surface area contributed by atoms with Crippen LogP contribution < -0.4 is 11.3 Å². The van der Waals surface area contributed by atoms with E-state index in [1.807, 2.05) is 13.8 Å². The molecule has 0 saturated heterocycles. The van der Waals surface area contributed by atoms with Crippen LogP contribution in [0.3, 0.4) is 0 Å². The van der Waals surface area contributed by atoms with E-state index in [9.17, 15) is 4.79 Å². The zero-order valence-corrected chi connectivity index (χ0v) is 8.15. The second-order valence-corrected chi connectivity index (χ2v) is 3.54. The van der Waals surface area contributed by atoms with E-state index in [1.165, 1.54) is 4.74 Å². The maximum Gasteiger partial charge on any atom is 0.290 e. The number of para-hydroxylation sites is 1. The summed E-state index contributed by atoms with van der Waals surface area (Å²) in [5.74, 6) is 0. The van der Waals surface area contributed by atoms with Crippen molar-refractivity contribution in [2.24, 2.45) is 0 Å². The fraction of sp³-hybridized carbons (Fsp3) is 0.300. The van der Waals surface area contributed by atoms with Gasteiger partial charge in [0.2, 0.25) is 0 Å². The molecule has 4 heteroatoms. The van der Waals surface area contributed by atoms with Gasteiger partial charge in [-0.15, -0.1) is 0 Å². The molecular weight excluding hydrogens is 180 g/mol. The number of benzene rings is 1. The summed E-state index contributed by atoms with van der Waals surface area (Å²) in [6.07, 6.45) is 0. The highest BCUT2D eigenvalue weighted by atomic mass is 16.5. The predicted molar refractivity (Wildman–Crippen MR) is 55.3 cm³/mol. The second kappa shape index (κ2) is 2.90. The lowest BCUT2D eigenvalue weighted by Crippen LogP contribution is -2.15. The van der Waals surface area contributed by atoms with E-state index in [0.29, 0.717) is 16.7 Å². The first-order valence-electron chi connectivity index (χ1n) is 4.51. The summed E-state index contributed by atoms with van der Waals surface area (Å²) < 4.78 is 6.70. The summed E-state index contributed by atoms with van der Waals surface area (Å²) in [4.78, 5) is 11.7. The minimum absolute atomic E-state index is 0.00861. The molecule has 4 nitrogen and oxygen atoms in total. The molecule has 0 fully saturated rings. The van der Waals surface area contributed by atoms with Crippen molar-refractivity contribution in [3.8, 4) is 0 Å². The van der Waals surface area contributed by atoms with Crippen LogP contribution in [0, 0.1) is 0 Å². The van der Waals surface area contributed by atoms with Gasteiger partial charge in [-0.2, -0.15) is 4.74 Å². The molecule has 0 bridgehead atoms. The Kier molecular flexibility index (Phi) is 1.84. The van der Waals surface area contributed by atoms with Crippen LogP contribution in [0.25, 0.3) is 11.0 Å². The normalized spacial score (nSPS) is 11.4. The molecule has 0 aliphatic heterocycles. The predicted octanol–water partition coefficient (Wildman–Crippen LogP) is 1.76. The van der Waals surface area contributed by atoms with Crippen molar-refractivity contribution in [1.29, 1.82) is 0 Å². The Hall–Kier alpha value is -1.71. The number of nitrogen functional groups attached to an aromatic ring is 1. The molecule has 0 aliphatic carbocycles. The van der Waals surface area contributed by atoms with Gasteiger partial charge in [0.15, 0.2) is 5.58 Å². The van der Waals surface area contributed by atoms with Crippen molar-refractivity contribution in [3.05, 3.63) is 28.6 Å². The summed E-state index contributed by atoms with van der Waals surface area (Å²) in [5.41, 5.74) is 6.55. The molecule has 0 unspecified atom stereocenters. The average molecular weight is 192 g/mol. The van der Waals surface area contributed by atoms with Crippen molar-refractivity contribution in [2.75, 3.05) is 5.73 Å². The van der Waals surface area contributed by atoms with Crippen LogP contribution in [0.15, 0.2) is 27.5 Å². The highest BCUT2D eigenvalue weighted by Gasteiger charge is 2.12. The Morgan fingerprint density at radius 3 is 2.71 bits per heavy atom. The molecule has 0 amide bonds. The van der Waals surface area contributed by atoms with Gasteiger partial charge in [-0.3, -0.25) is 4.79 Å². The maximum absolute atomic E-state index is 11.7. The van der Waals surface area contributed by atoms with Crippen LogP contribution >= 0.6 is 0 Å². The van der Waals surface area contributed by atoms with Gasteiger partial charge < -0.3 is 10.3 Å². The van der Waals surface area contributed by atoms with Gasteiger partial charge in [-0.05, 0) is 26.0 Å². The number of hydrogen-bond donors (Lipinski definition) is 1. The van der Waals surface area contributed by atoms with Crippen LogP contribution in [-0.4, -0.2) is 4.74 Å². The quantitative estimate of drug-likeness (QED) is 0.700. The lowest BCUT2D eigenvalue weighted by atomic mass is 10.2. The average Bonchev–Trinajstić information content (AvgIpc) is 2.46. The van der Waals surface area contributed by atoms with Crippen LogP contribution in [0.4, 0.5) is 5.69 Å². The van der Waals surface area contributed by atoms with Gasteiger partial charge in [0.1, 0.15) is 0 Å². The largest absolute Gasteiger partial charge is 0.396 e. The molecule has 0 radical (unpaired) electrons. The van der Waals surface area contributed by atoms with Gasteiger partial charge in [-0.1, -0.05) is 6.07 Å². The summed E-state index contributed by atoms with van der Waals surface area (Å²) in [7, 11) is 0. The summed E-state index contributed by atoms with van der Waals surface area (Å²) in [6.45, 7) is 3.78. The molecule has 0 spiro atoms. The summed E-state index contributed by atoms with van der Waals surface area (Å²) >= 11 is 0. The van der Waals surface area contributed by atoms with Crippen molar-refractivity contribution in [1.82, 2.24) is 4.74 Å². The Balaban J connectivity index is 2.87. The fourth-order valence-electron chi connectivity index (χ4n) is 1.42. The third-order valence-electron chi connectivity index (χ3n) is 2.13. The third-order valence-corrected chi connectivity index (χ3v) is 2.13. The van der Waals surface area contributed by atoms with Gasteiger partial charge >= 0.3 is 0 Å². The Morgan fingerprint density at radius 2 is 2.14 bits per heavy atom. The lowest BCUT2D eigenvalue weighted by molar-refractivity contribution is 0.251. The van der Waals surface area contributed by atoms with Gasteiger partial charge in [-0.25, -0.2) is 0 Å². The van der Waals surface area contributed by atoms with E-state index in [0.717, 1.165) is 0 Å². The highest BCUT2D eigenvalue weighted by molar-refractivity contribution is 5.86. The molecule has 1 aromatic carbocycles. The fourth-order valence-corrected chi connectivity index (χ4v) is 1.42. The number of fused-ring (bicyclic) bond motifs is 1. The molecule has 0 atom stereocenters. The number of aromatic nitrogens is 1. The molecule has 2 rings (SSSR count). The summed E-state index contributed by atoms with van der Waals surface area (Å²) in [6, 6.07) is 5.19. The van der Waals surface area contributed by atoms with E-state index < -0.39 is 0 Å².